The first kappa shape index (κ1) is 18.1. The normalized spacial score (nSPS) is 12.2. The number of hydrogen-bond acceptors (Lipinski definition) is 4. The number of hydrogen-bond donors (Lipinski definition) is 2. The van der Waals surface area contributed by atoms with Crippen LogP contribution in [0.4, 0.5) is 5.69 Å². The van der Waals surface area contributed by atoms with Crippen LogP contribution in [0.3, 0.4) is 0 Å². The lowest BCUT2D eigenvalue weighted by Gasteiger charge is -2.17. The van der Waals surface area contributed by atoms with E-state index in [2.05, 4.69) is 35.9 Å². The summed E-state index contributed by atoms with van der Waals surface area (Å²) in [6, 6.07) is 13.9. The number of aryl methyl sites for hydroxylation is 1. The van der Waals surface area contributed by atoms with Crippen molar-refractivity contribution in [3.05, 3.63) is 53.7 Å². The van der Waals surface area contributed by atoms with Crippen LogP contribution in [0.1, 0.15) is 11.3 Å². The third-order valence-electron chi connectivity index (χ3n) is 4.88. The lowest BCUT2D eigenvalue weighted by molar-refractivity contribution is 0.167. The number of para-hydroxylation sites is 1. The summed E-state index contributed by atoms with van der Waals surface area (Å²) in [5.74, 6) is 1.42. The highest BCUT2D eigenvalue weighted by molar-refractivity contribution is 5.85. The number of nitrogens with zero attached hydrogens (tertiary/aromatic N) is 1. The van der Waals surface area contributed by atoms with Gasteiger partial charge in [-0.25, -0.2) is 0 Å². The predicted octanol–water partition coefficient (Wildman–Crippen LogP) is 3.75. The number of ether oxygens (including phenoxy) is 2. The Morgan fingerprint density at radius 2 is 1.85 bits per heavy atom. The predicted molar refractivity (Wildman–Crippen MR) is 105 cm³/mol. The molecule has 0 amide bonds. The van der Waals surface area contributed by atoms with Crippen LogP contribution in [0.5, 0.6) is 11.5 Å². The molecule has 0 saturated carbocycles. The minimum absolute atomic E-state index is 0.424. The molecule has 0 spiro atoms. The Hall–Kier alpha value is -2.66. The number of aromatic nitrogens is 1. The number of benzene rings is 2. The first-order chi connectivity index (χ1) is 12.5. The first-order valence-electron chi connectivity index (χ1n) is 8.73. The van der Waals surface area contributed by atoms with Gasteiger partial charge in [-0.3, -0.25) is 0 Å². The van der Waals surface area contributed by atoms with Crippen molar-refractivity contribution in [3.8, 4) is 11.5 Å². The number of methoxy groups -OCH3 is 2. The van der Waals surface area contributed by atoms with Crippen molar-refractivity contribution in [1.29, 1.82) is 0 Å². The van der Waals surface area contributed by atoms with Crippen LogP contribution in [0.25, 0.3) is 10.9 Å². The molecule has 0 aliphatic carbocycles. The average molecular weight is 354 g/mol. The summed E-state index contributed by atoms with van der Waals surface area (Å²) in [6.07, 6.45) is -0.532. The Kier molecular flexibility index (Phi) is 5.38. The van der Waals surface area contributed by atoms with Crippen molar-refractivity contribution in [1.82, 2.24) is 4.57 Å². The standard InChI is InChI=1S/C21H26N2O3/c1-14-15(2)23(20-8-6-5-7-18(14)20)13-16(24)12-22-19-10-9-17(25-3)11-21(19)26-4/h5-11,16,22,24H,12-13H2,1-4H3/t16-/m0/s1. The van der Waals surface area contributed by atoms with Crippen molar-refractivity contribution < 1.29 is 14.6 Å². The molecule has 0 unspecified atom stereocenters. The van der Waals surface area contributed by atoms with Gasteiger partial charge in [-0.1, -0.05) is 18.2 Å². The highest BCUT2D eigenvalue weighted by Crippen LogP contribution is 2.29. The fourth-order valence-corrected chi connectivity index (χ4v) is 3.29. The monoisotopic (exact) mass is 354 g/mol. The number of aliphatic hydroxyl groups excluding tert-OH is 1. The summed E-state index contributed by atoms with van der Waals surface area (Å²) in [5, 5.41) is 15.1. The molecule has 0 saturated heterocycles. The van der Waals surface area contributed by atoms with Gasteiger partial charge in [-0.05, 0) is 37.6 Å². The van der Waals surface area contributed by atoms with Crippen molar-refractivity contribution in [3.63, 3.8) is 0 Å². The summed E-state index contributed by atoms with van der Waals surface area (Å²) in [4.78, 5) is 0. The van der Waals surface area contributed by atoms with Crippen molar-refractivity contribution in [2.24, 2.45) is 0 Å². The molecule has 1 heterocycles. The van der Waals surface area contributed by atoms with Gasteiger partial charge in [0.15, 0.2) is 0 Å². The molecule has 0 fully saturated rings. The number of aliphatic hydroxyl groups is 1. The zero-order chi connectivity index (χ0) is 18.7. The van der Waals surface area contributed by atoms with E-state index in [0.29, 0.717) is 18.8 Å². The van der Waals surface area contributed by atoms with Crippen LogP contribution in [0.15, 0.2) is 42.5 Å². The summed E-state index contributed by atoms with van der Waals surface area (Å²) < 4.78 is 12.8. The Morgan fingerprint density at radius 3 is 2.58 bits per heavy atom. The SMILES string of the molecule is COc1ccc(NC[C@H](O)Cn2c(C)c(C)c3ccccc32)c(OC)c1. The molecule has 1 aromatic heterocycles. The lowest BCUT2D eigenvalue weighted by Crippen LogP contribution is -2.25. The second-order valence-corrected chi connectivity index (χ2v) is 6.44. The molecule has 5 nitrogen and oxygen atoms in total. The van der Waals surface area contributed by atoms with Gasteiger partial charge >= 0.3 is 0 Å². The Morgan fingerprint density at radius 1 is 1.08 bits per heavy atom. The highest BCUT2D eigenvalue weighted by Gasteiger charge is 2.14. The molecular weight excluding hydrogens is 328 g/mol. The fourth-order valence-electron chi connectivity index (χ4n) is 3.29. The molecule has 0 aliphatic rings. The molecule has 26 heavy (non-hydrogen) atoms. The molecule has 1 atom stereocenters. The molecule has 138 valence electrons. The van der Waals surface area contributed by atoms with Crippen LogP contribution in [-0.4, -0.2) is 36.5 Å². The fraction of sp³-hybridized carbons (Fsp3) is 0.333. The second-order valence-electron chi connectivity index (χ2n) is 6.44. The highest BCUT2D eigenvalue weighted by atomic mass is 16.5. The largest absolute Gasteiger partial charge is 0.497 e. The average Bonchev–Trinajstić information content (AvgIpc) is 2.91. The Labute approximate surface area is 154 Å². The summed E-state index contributed by atoms with van der Waals surface area (Å²) in [5.41, 5.74) is 4.44. The van der Waals surface area contributed by atoms with Gasteiger partial charge in [0.05, 0.1) is 32.6 Å². The summed E-state index contributed by atoms with van der Waals surface area (Å²) in [6.45, 7) is 5.18. The maximum atomic E-state index is 10.6. The van der Waals surface area contributed by atoms with E-state index in [1.165, 1.54) is 16.6 Å². The van der Waals surface area contributed by atoms with Crippen molar-refractivity contribution in [2.45, 2.75) is 26.5 Å². The Bertz CT molecular complexity index is 902. The third-order valence-corrected chi connectivity index (χ3v) is 4.88. The van der Waals surface area contributed by atoms with E-state index in [0.717, 1.165) is 17.0 Å². The zero-order valence-corrected chi connectivity index (χ0v) is 15.7. The molecule has 0 bridgehead atoms. The van der Waals surface area contributed by atoms with Gasteiger partial charge in [0.2, 0.25) is 0 Å². The van der Waals surface area contributed by atoms with E-state index < -0.39 is 6.10 Å². The van der Waals surface area contributed by atoms with Crippen molar-refractivity contribution >= 4 is 16.6 Å². The molecule has 0 radical (unpaired) electrons. The van der Waals surface area contributed by atoms with Gasteiger partial charge in [0.1, 0.15) is 11.5 Å². The number of rotatable bonds is 7. The van der Waals surface area contributed by atoms with E-state index in [1.807, 2.05) is 30.3 Å². The number of nitrogens with one attached hydrogen (secondary N) is 1. The molecular formula is C21H26N2O3. The molecule has 2 aromatic carbocycles. The van der Waals surface area contributed by atoms with Crippen LogP contribution < -0.4 is 14.8 Å². The van der Waals surface area contributed by atoms with Gasteiger partial charge in [-0.2, -0.15) is 0 Å². The minimum atomic E-state index is -0.532. The number of fused-ring (bicyclic) bond motifs is 1. The zero-order valence-electron chi connectivity index (χ0n) is 15.7. The second kappa shape index (κ2) is 7.70. The topological polar surface area (TPSA) is 55.6 Å². The summed E-state index contributed by atoms with van der Waals surface area (Å²) >= 11 is 0. The van der Waals surface area contributed by atoms with Gasteiger partial charge in [-0.15, -0.1) is 0 Å². The van der Waals surface area contributed by atoms with Crippen LogP contribution in [0.2, 0.25) is 0 Å². The van der Waals surface area contributed by atoms with E-state index in [-0.39, 0.29) is 0 Å². The lowest BCUT2D eigenvalue weighted by atomic mass is 10.2. The van der Waals surface area contributed by atoms with Crippen molar-refractivity contribution in [2.75, 3.05) is 26.1 Å². The molecule has 3 aromatic rings. The van der Waals surface area contributed by atoms with Crippen LogP contribution in [0, 0.1) is 13.8 Å². The third kappa shape index (κ3) is 3.48. The van der Waals surface area contributed by atoms with Crippen LogP contribution >= 0.6 is 0 Å². The smallest absolute Gasteiger partial charge is 0.145 e. The maximum Gasteiger partial charge on any atom is 0.145 e. The Balaban J connectivity index is 1.72. The summed E-state index contributed by atoms with van der Waals surface area (Å²) in [7, 11) is 3.24. The molecule has 3 rings (SSSR count). The minimum Gasteiger partial charge on any atom is -0.497 e. The van der Waals surface area contributed by atoms with Crippen LogP contribution in [-0.2, 0) is 6.54 Å². The van der Waals surface area contributed by atoms with E-state index in [1.54, 1.807) is 14.2 Å². The quantitative estimate of drug-likeness (QED) is 0.678. The molecule has 2 N–H and O–H groups in total. The van der Waals surface area contributed by atoms with E-state index in [9.17, 15) is 5.11 Å². The first-order valence-corrected chi connectivity index (χ1v) is 8.73. The van der Waals surface area contributed by atoms with Gasteiger partial charge in [0, 0.05) is 29.2 Å². The van der Waals surface area contributed by atoms with Gasteiger partial charge < -0.3 is 24.5 Å². The van der Waals surface area contributed by atoms with Gasteiger partial charge in [0.25, 0.3) is 0 Å². The molecule has 5 heteroatoms. The number of anilines is 1. The molecule has 0 aliphatic heterocycles. The maximum absolute atomic E-state index is 10.6. The van der Waals surface area contributed by atoms with E-state index in [4.69, 9.17) is 9.47 Å². The van der Waals surface area contributed by atoms with E-state index >= 15 is 0 Å².